The molecule has 0 bridgehead atoms. The van der Waals surface area contributed by atoms with Crippen molar-refractivity contribution in [1.29, 1.82) is 0 Å². The van der Waals surface area contributed by atoms with Crippen LogP contribution in [0.1, 0.15) is 5.56 Å². The third kappa shape index (κ3) is 1.58. The molecule has 0 spiro atoms. The number of aryl methyl sites for hydroxylation is 1. The summed E-state index contributed by atoms with van der Waals surface area (Å²) in [5.41, 5.74) is 2.56. The van der Waals surface area contributed by atoms with Gasteiger partial charge in [0.1, 0.15) is 0 Å². The highest BCUT2D eigenvalue weighted by Gasteiger charge is 2.11. The average Bonchev–Trinajstić information content (AvgIpc) is 2.77. The summed E-state index contributed by atoms with van der Waals surface area (Å²) in [6, 6.07) is 11.3. The largest absolute Gasteiger partial charge is 0.268 e. The Morgan fingerprint density at radius 2 is 2.05 bits per heavy atom. The minimum absolute atomic E-state index is 0.0396. The van der Waals surface area contributed by atoms with E-state index in [2.05, 4.69) is 4.98 Å². The van der Waals surface area contributed by atoms with Crippen LogP contribution in [0.25, 0.3) is 26.1 Å². The molecule has 4 rings (SSSR count). The van der Waals surface area contributed by atoms with Crippen molar-refractivity contribution in [2.75, 3.05) is 0 Å². The third-order valence-corrected chi connectivity index (χ3v) is 4.61. The minimum atomic E-state index is -0.0396. The number of benzene rings is 2. The molecule has 0 radical (unpaired) electrons. The first-order valence-electron chi connectivity index (χ1n) is 6.15. The van der Waals surface area contributed by atoms with Crippen molar-refractivity contribution in [2.45, 2.75) is 6.92 Å². The van der Waals surface area contributed by atoms with Crippen LogP contribution in [-0.4, -0.2) is 9.38 Å². The summed E-state index contributed by atoms with van der Waals surface area (Å²) >= 11 is 7.54. The second kappa shape index (κ2) is 4.04. The smallest absolute Gasteiger partial charge is 0.266 e. The Balaban J connectivity index is 2.32. The number of nitrogens with zero attached hydrogens (tertiary/aromatic N) is 2. The van der Waals surface area contributed by atoms with Gasteiger partial charge in [0.25, 0.3) is 5.56 Å². The summed E-state index contributed by atoms with van der Waals surface area (Å²) in [4.78, 5) is 18.0. The first-order valence-corrected chi connectivity index (χ1v) is 7.34. The molecule has 98 valence electrons. The molecule has 3 nitrogen and oxygen atoms in total. The lowest BCUT2D eigenvalue weighted by Gasteiger charge is -2.00. The lowest BCUT2D eigenvalue weighted by molar-refractivity contribution is 1.16. The van der Waals surface area contributed by atoms with Gasteiger partial charge in [0.2, 0.25) is 0 Å². The molecular weight excluding hydrogens is 292 g/mol. The SMILES string of the molecule is Cc1ccc2nc3sc4ccc(Cl)cc4n3c(=O)c2c1. The van der Waals surface area contributed by atoms with Gasteiger partial charge in [-0.05, 0) is 37.3 Å². The molecule has 2 aromatic carbocycles. The van der Waals surface area contributed by atoms with Crippen molar-refractivity contribution in [2.24, 2.45) is 0 Å². The van der Waals surface area contributed by atoms with Gasteiger partial charge in [0.05, 0.1) is 21.1 Å². The summed E-state index contributed by atoms with van der Waals surface area (Å²) < 4.78 is 2.65. The number of hydrogen-bond donors (Lipinski definition) is 0. The highest BCUT2D eigenvalue weighted by molar-refractivity contribution is 7.23. The maximum absolute atomic E-state index is 12.7. The molecule has 5 heteroatoms. The standard InChI is InChI=1S/C15H9ClN2OS/c1-8-2-4-11-10(6-8)14(19)18-12-7-9(16)3-5-13(12)20-15(18)17-11/h2-7H,1H3. The van der Waals surface area contributed by atoms with Crippen LogP contribution in [-0.2, 0) is 0 Å². The zero-order valence-corrected chi connectivity index (χ0v) is 12.1. The van der Waals surface area contributed by atoms with Gasteiger partial charge in [-0.3, -0.25) is 9.20 Å². The molecule has 0 saturated carbocycles. The van der Waals surface area contributed by atoms with E-state index in [4.69, 9.17) is 11.6 Å². The van der Waals surface area contributed by atoms with Crippen LogP contribution in [0.4, 0.5) is 0 Å². The first kappa shape index (κ1) is 11.9. The van der Waals surface area contributed by atoms with Crippen LogP contribution in [0.5, 0.6) is 0 Å². The molecule has 2 aromatic heterocycles. The number of fused-ring (bicyclic) bond motifs is 4. The van der Waals surface area contributed by atoms with E-state index in [-0.39, 0.29) is 5.56 Å². The summed E-state index contributed by atoms with van der Waals surface area (Å²) in [5.74, 6) is 0. The van der Waals surface area contributed by atoms with E-state index < -0.39 is 0 Å². The lowest BCUT2D eigenvalue weighted by Crippen LogP contribution is -2.13. The molecule has 0 atom stereocenters. The molecule has 0 N–H and O–H groups in total. The van der Waals surface area contributed by atoms with Crippen LogP contribution in [0.15, 0.2) is 41.2 Å². The molecule has 20 heavy (non-hydrogen) atoms. The topological polar surface area (TPSA) is 34.4 Å². The molecule has 0 saturated heterocycles. The number of hydrogen-bond acceptors (Lipinski definition) is 3. The number of rotatable bonds is 0. The minimum Gasteiger partial charge on any atom is -0.268 e. The van der Waals surface area contributed by atoms with Crippen molar-refractivity contribution >= 4 is 49.0 Å². The normalized spacial score (nSPS) is 11.7. The number of aromatic nitrogens is 2. The Kier molecular flexibility index (Phi) is 2.40. The van der Waals surface area contributed by atoms with Gasteiger partial charge in [-0.15, -0.1) is 0 Å². The van der Waals surface area contributed by atoms with E-state index in [9.17, 15) is 4.79 Å². The van der Waals surface area contributed by atoms with Crippen molar-refractivity contribution in [3.05, 3.63) is 57.3 Å². The molecule has 4 aromatic rings. The summed E-state index contributed by atoms with van der Waals surface area (Å²) in [6.45, 7) is 1.97. The molecule has 0 unspecified atom stereocenters. The van der Waals surface area contributed by atoms with Crippen molar-refractivity contribution in [1.82, 2.24) is 9.38 Å². The molecule has 0 aliphatic carbocycles. The highest BCUT2D eigenvalue weighted by Crippen LogP contribution is 2.27. The van der Waals surface area contributed by atoms with Gasteiger partial charge in [-0.25, -0.2) is 4.98 Å². The third-order valence-electron chi connectivity index (χ3n) is 3.36. The van der Waals surface area contributed by atoms with E-state index in [1.165, 1.54) is 11.3 Å². The summed E-state index contributed by atoms with van der Waals surface area (Å²) in [5, 5.41) is 1.26. The maximum Gasteiger partial charge on any atom is 0.266 e. The molecule has 0 aliphatic heterocycles. The first-order chi connectivity index (χ1) is 9.63. The Bertz CT molecular complexity index is 1050. The molecular formula is C15H9ClN2OS. The molecule has 2 heterocycles. The van der Waals surface area contributed by atoms with Gasteiger partial charge in [0.15, 0.2) is 4.96 Å². The fraction of sp³-hybridized carbons (Fsp3) is 0.0667. The average molecular weight is 301 g/mol. The van der Waals surface area contributed by atoms with Crippen LogP contribution < -0.4 is 5.56 Å². The quantitative estimate of drug-likeness (QED) is 0.491. The second-order valence-electron chi connectivity index (χ2n) is 4.77. The fourth-order valence-corrected chi connectivity index (χ4v) is 3.58. The van der Waals surface area contributed by atoms with Crippen LogP contribution in [0.2, 0.25) is 5.02 Å². The van der Waals surface area contributed by atoms with E-state index in [1.807, 2.05) is 43.3 Å². The van der Waals surface area contributed by atoms with Crippen LogP contribution in [0.3, 0.4) is 0 Å². The van der Waals surface area contributed by atoms with Gasteiger partial charge in [0, 0.05) is 5.02 Å². The van der Waals surface area contributed by atoms with Gasteiger partial charge in [-0.1, -0.05) is 34.6 Å². The monoisotopic (exact) mass is 300 g/mol. The zero-order chi connectivity index (χ0) is 13.9. The molecule has 0 fully saturated rings. The van der Waals surface area contributed by atoms with Gasteiger partial charge in [-0.2, -0.15) is 0 Å². The zero-order valence-electron chi connectivity index (χ0n) is 10.6. The highest BCUT2D eigenvalue weighted by atomic mass is 35.5. The summed E-state index contributed by atoms with van der Waals surface area (Å²) in [6.07, 6.45) is 0. The van der Waals surface area contributed by atoms with Crippen molar-refractivity contribution in [3.63, 3.8) is 0 Å². The van der Waals surface area contributed by atoms with Gasteiger partial charge < -0.3 is 0 Å². The fourth-order valence-electron chi connectivity index (χ4n) is 2.41. The predicted molar refractivity (Wildman–Crippen MR) is 84.1 cm³/mol. The molecule has 0 aliphatic rings. The van der Waals surface area contributed by atoms with Gasteiger partial charge >= 0.3 is 0 Å². The summed E-state index contributed by atoms with van der Waals surface area (Å²) in [7, 11) is 0. The maximum atomic E-state index is 12.7. The van der Waals surface area contributed by atoms with E-state index >= 15 is 0 Å². The van der Waals surface area contributed by atoms with Crippen LogP contribution >= 0.6 is 22.9 Å². The van der Waals surface area contributed by atoms with E-state index in [0.29, 0.717) is 15.4 Å². The van der Waals surface area contributed by atoms with Crippen molar-refractivity contribution < 1.29 is 0 Å². The Labute approximate surface area is 123 Å². The predicted octanol–water partition coefficient (Wildman–Crippen LogP) is 4.02. The van der Waals surface area contributed by atoms with Crippen molar-refractivity contribution in [3.8, 4) is 0 Å². The lowest BCUT2D eigenvalue weighted by atomic mass is 10.2. The number of halogens is 1. The Morgan fingerprint density at radius 1 is 1.20 bits per heavy atom. The van der Waals surface area contributed by atoms with E-state index in [0.717, 1.165) is 21.3 Å². The van der Waals surface area contributed by atoms with Crippen LogP contribution in [0, 0.1) is 6.92 Å². The number of thiazole rings is 1. The van der Waals surface area contributed by atoms with E-state index in [1.54, 1.807) is 4.40 Å². The Morgan fingerprint density at radius 3 is 2.90 bits per heavy atom. The molecule has 0 amide bonds. The second-order valence-corrected chi connectivity index (χ2v) is 6.22. The Hall–Kier alpha value is -1.91.